The van der Waals surface area contributed by atoms with Crippen LogP contribution in [-0.4, -0.2) is 65.1 Å². The molecule has 2 aromatic carbocycles. The lowest BCUT2D eigenvalue weighted by atomic mass is 9.51. The number of likely N-dealkylation sites (tertiary alicyclic amines) is 1. The fourth-order valence-electron chi connectivity index (χ4n) is 8.11. The van der Waals surface area contributed by atoms with Gasteiger partial charge in [-0.1, -0.05) is 25.8 Å². The molecule has 5 atom stereocenters. The standard InChI is InChI=1S/C34H40N2O5/c1-19(2)18-36(30(39)12-9-23-8-7-20(3)21(4)15-23)26-11-10-25-27-16-24-29(40-22(5)37)17-28(38)32-31(24)34(25,33(26)41-32)13-14-35(27)6/h7-8,15,17,19,25-27,33,38H,10-11,13-14,16,18H2,1-6H3/t25-,26+,27+,33-,34-/m0/s1. The van der Waals surface area contributed by atoms with Crippen LogP contribution in [0.3, 0.4) is 0 Å². The summed E-state index contributed by atoms with van der Waals surface area (Å²) in [6.45, 7) is 11.2. The summed E-state index contributed by atoms with van der Waals surface area (Å²) in [4.78, 5) is 30.2. The maximum Gasteiger partial charge on any atom is 0.308 e. The average molecular weight is 557 g/mol. The van der Waals surface area contributed by atoms with Crippen LogP contribution in [-0.2, 0) is 21.4 Å². The molecule has 2 bridgehead atoms. The molecule has 2 aliphatic heterocycles. The Labute approximate surface area is 242 Å². The van der Waals surface area contributed by atoms with Crippen LogP contribution in [0.25, 0.3) is 0 Å². The molecule has 0 aromatic heterocycles. The van der Waals surface area contributed by atoms with Crippen molar-refractivity contribution in [2.24, 2.45) is 11.8 Å². The second-order valence-corrected chi connectivity index (χ2v) is 12.9. The molecular weight excluding hydrogens is 516 g/mol. The van der Waals surface area contributed by atoms with Crippen molar-refractivity contribution >= 4 is 11.9 Å². The highest BCUT2D eigenvalue weighted by Crippen LogP contribution is 2.65. The number of carbonyl (C=O) groups excluding carboxylic acids is 2. The van der Waals surface area contributed by atoms with Crippen molar-refractivity contribution in [3.05, 3.63) is 52.1 Å². The van der Waals surface area contributed by atoms with Crippen LogP contribution in [0.5, 0.6) is 17.2 Å². The Kier molecular flexibility index (Phi) is 6.81. The van der Waals surface area contributed by atoms with E-state index in [2.05, 4.69) is 51.5 Å². The Morgan fingerprint density at radius 3 is 2.71 bits per heavy atom. The van der Waals surface area contributed by atoms with Gasteiger partial charge in [-0.05, 0) is 88.2 Å². The van der Waals surface area contributed by atoms with Gasteiger partial charge >= 0.3 is 5.97 Å². The third-order valence-electron chi connectivity index (χ3n) is 9.95. The molecule has 0 unspecified atom stereocenters. The average Bonchev–Trinajstić information content (AvgIpc) is 3.26. The third kappa shape index (κ3) is 4.39. The summed E-state index contributed by atoms with van der Waals surface area (Å²) in [5.41, 5.74) is 4.76. The van der Waals surface area contributed by atoms with Gasteiger partial charge in [0.25, 0.3) is 5.91 Å². The van der Waals surface area contributed by atoms with E-state index in [9.17, 15) is 14.7 Å². The van der Waals surface area contributed by atoms with Crippen LogP contribution in [0.2, 0.25) is 0 Å². The highest BCUT2D eigenvalue weighted by atomic mass is 16.5. The quantitative estimate of drug-likeness (QED) is 0.339. The Balaban J connectivity index is 1.43. The summed E-state index contributed by atoms with van der Waals surface area (Å²) in [7, 11) is 2.17. The maximum absolute atomic E-state index is 13.9. The molecule has 4 aliphatic rings. The Bertz CT molecular complexity index is 1490. The summed E-state index contributed by atoms with van der Waals surface area (Å²) >= 11 is 0. The number of rotatable bonds is 4. The van der Waals surface area contributed by atoms with Crippen molar-refractivity contribution in [1.29, 1.82) is 0 Å². The number of piperidine rings is 1. The van der Waals surface area contributed by atoms with Crippen molar-refractivity contribution in [2.75, 3.05) is 20.1 Å². The first kappa shape index (κ1) is 27.7. The van der Waals surface area contributed by atoms with Gasteiger partial charge in [-0.2, -0.15) is 0 Å². The minimum atomic E-state index is -0.410. The van der Waals surface area contributed by atoms with Crippen molar-refractivity contribution in [2.45, 2.75) is 83.9 Å². The molecule has 41 heavy (non-hydrogen) atoms. The summed E-state index contributed by atoms with van der Waals surface area (Å²) in [5.74, 6) is 6.95. The zero-order chi connectivity index (χ0) is 29.2. The highest BCUT2D eigenvalue weighted by molar-refractivity contribution is 5.94. The van der Waals surface area contributed by atoms with E-state index in [1.54, 1.807) is 0 Å². The minimum absolute atomic E-state index is 0.00470. The molecule has 6 rings (SSSR count). The predicted molar refractivity (Wildman–Crippen MR) is 156 cm³/mol. The van der Waals surface area contributed by atoms with Crippen molar-refractivity contribution in [1.82, 2.24) is 9.80 Å². The number of esters is 1. The summed E-state index contributed by atoms with van der Waals surface area (Å²) in [6.07, 6.45) is 3.05. The van der Waals surface area contributed by atoms with E-state index in [0.29, 0.717) is 24.0 Å². The number of carbonyl (C=O) groups is 2. The molecule has 2 aliphatic carbocycles. The molecule has 2 heterocycles. The molecule has 1 saturated carbocycles. The maximum atomic E-state index is 13.9. The van der Waals surface area contributed by atoms with Gasteiger partial charge in [-0.3, -0.25) is 9.59 Å². The lowest BCUT2D eigenvalue weighted by molar-refractivity contribution is -0.137. The van der Waals surface area contributed by atoms with Crippen molar-refractivity contribution in [3.8, 4) is 29.1 Å². The summed E-state index contributed by atoms with van der Waals surface area (Å²) in [6, 6.07) is 7.63. The van der Waals surface area contributed by atoms with E-state index in [1.807, 2.05) is 23.1 Å². The molecule has 7 heteroatoms. The smallest absolute Gasteiger partial charge is 0.308 e. The van der Waals surface area contributed by atoms with Gasteiger partial charge in [-0.25, -0.2) is 0 Å². The van der Waals surface area contributed by atoms with Crippen LogP contribution in [0.1, 0.15) is 67.9 Å². The molecule has 2 fully saturated rings. The number of ether oxygens (including phenoxy) is 2. The number of hydrogen-bond acceptors (Lipinski definition) is 6. The number of benzene rings is 2. The molecule has 1 spiro atoms. The number of likely N-dealkylation sites (N-methyl/N-ethyl adjacent to an activating group) is 1. The molecule has 1 amide bonds. The van der Waals surface area contributed by atoms with E-state index >= 15 is 0 Å². The van der Waals surface area contributed by atoms with Crippen molar-refractivity contribution < 1.29 is 24.2 Å². The second kappa shape index (κ2) is 10.1. The van der Waals surface area contributed by atoms with Crippen molar-refractivity contribution in [3.63, 3.8) is 0 Å². The van der Waals surface area contributed by atoms with Crippen LogP contribution in [0, 0.1) is 37.5 Å². The monoisotopic (exact) mass is 556 g/mol. The molecule has 1 saturated heterocycles. The fourth-order valence-corrected chi connectivity index (χ4v) is 8.11. The fraction of sp³-hybridized carbons (Fsp3) is 0.529. The van der Waals surface area contributed by atoms with Crippen LogP contribution < -0.4 is 9.47 Å². The Morgan fingerprint density at radius 1 is 1.22 bits per heavy atom. The molecule has 0 radical (unpaired) electrons. The number of phenolic OH excluding ortho intramolecular Hbond substituents is 1. The number of aromatic hydroxyl groups is 1. The molecular formula is C34H40N2O5. The number of phenols is 1. The molecule has 7 nitrogen and oxygen atoms in total. The first-order valence-corrected chi connectivity index (χ1v) is 14.9. The Hall–Kier alpha value is -3.50. The summed E-state index contributed by atoms with van der Waals surface area (Å²) in [5, 5.41) is 11.2. The second-order valence-electron chi connectivity index (χ2n) is 12.9. The van der Waals surface area contributed by atoms with Gasteiger partial charge in [0.2, 0.25) is 0 Å². The Morgan fingerprint density at radius 2 is 2.00 bits per heavy atom. The first-order valence-electron chi connectivity index (χ1n) is 14.9. The van der Waals surface area contributed by atoms with Crippen LogP contribution >= 0.6 is 0 Å². The largest absolute Gasteiger partial charge is 0.504 e. The van der Waals surface area contributed by atoms with Gasteiger partial charge < -0.3 is 24.4 Å². The van der Waals surface area contributed by atoms with Crippen LogP contribution in [0.4, 0.5) is 0 Å². The van der Waals surface area contributed by atoms with E-state index in [4.69, 9.17) is 9.47 Å². The highest BCUT2D eigenvalue weighted by Gasteiger charge is 2.67. The SMILES string of the molecule is CC(=O)Oc1cc(O)c2c3c1C[C@@H]1[C@@H]4CC[C@@H](N(CC(C)C)C(=O)C#Cc5ccc(C)c(C)c5)[C@H](O2)[C@]34CCN1C. The predicted octanol–water partition coefficient (Wildman–Crippen LogP) is 4.51. The zero-order valence-electron chi connectivity index (χ0n) is 24.9. The normalized spacial score (nSPS) is 27.4. The lowest BCUT2D eigenvalue weighted by Crippen LogP contribution is -2.68. The van der Waals surface area contributed by atoms with E-state index in [1.165, 1.54) is 18.6 Å². The van der Waals surface area contributed by atoms with E-state index in [0.717, 1.165) is 54.5 Å². The lowest BCUT2D eigenvalue weighted by Gasteiger charge is -2.60. The van der Waals surface area contributed by atoms with Gasteiger partial charge in [0, 0.05) is 53.6 Å². The van der Waals surface area contributed by atoms with Gasteiger partial charge in [0.1, 0.15) is 11.9 Å². The van der Waals surface area contributed by atoms with Crippen LogP contribution in [0.15, 0.2) is 24.3 Å². The minimum Gasteiger partial charge on any atom is -0.504 e. The number of amides is 1. The number of hydrogen-bond donors (Lipinski definition) is 1. The molecule has 1 N–H and O–H groups in total. The van der Waals surface area contributed by atoms with Gasteiger partial charge in [0.15, 0.2) is 11.5 Å². The molecule has 216 valence electrons. The van der Waals surface area contributed by atoms with Gasteiger partial charge in [-0.15, -0.1) is 0 Å². The number of aryl methyl sites for hydroxylation is 2. The topological polar surface area (TPSA) is 79.3 Å². The van der Waals surface area contributed by atoms with E-state index < -0.39 is 5.97 Å². The summed E-state index contributed by atoms with van der Waals surface area (Å²) < 4.78 is 12.4. The third-order valence-corrected chi connectivity index (χ3v) is 9.95. The zero-order valence-corrected chi connectivity index (χ0v) is 24.9. The number of nitrogens with zero attached hydrogens (tertiary/aromatic N) is 2. The van der Waals surface area contributed by atoms with Gasteiger partial charge in [0.05, 0.1) is 6.04 Å². The van der Waals surface area contributed by atoms with E-state index in [-0.39, 0.29) is 41.2 Å². The molecule has 2 aromatic rings. The first-order chi connectivity index (χ1) is 19.5.